The smallest absolute Gasteiger partial charge is 0.496 e. The number of anilines is 2. The van der Waals surface area contributed by atoms with E-state index in [4.69, 9.17) is 14.2 Å². The van der Waals surface area contributed by atoms with Gasteiger partial charge in [0.1, 0.15) is 23.9 Å². The number of ether oxygens (including phenoxy) is 4. The van der Waals surface area contributed by atoms with E-state index in [1.807, 2.05) is 36.4 Å². The number of carbonyl (C=O) groups excluding carboxylic acids is 1. The third-order valence-corrected chi connectivity index (χ3v) is 6.37. The summed E-state index contributed by atoms with van der Waals surface area (Å²) in [5.74, 6) is 2.04. The molecule has 3 aromatic carbocycles. The van der Waals surface area contributed by atoms with Gasteiger partial charge in [-0.05, 0) is 62.2 Å². The first kappa shape index (κ1) is 21.9. The maximum atomic E-state index is 11.7. The molecule has 2 heterocycles. The summed E-state index contributed by atoms with van der Waals surface area (Å²) in [6.07, 6.45) is 1.52. The Kier molecular flexibility index (Phi) is 5.24. The molecule has 174 valence electrons. The average Bonchev–Trinajstić information content (AvgIpc) is 2.82. The SMILES string of the molecule is COC(=O)Oc1cccc(N2c3ccc4c(c3C(C)=CC2(C)C)COc2cccc(OC)c2-4)c1. The lowest BCUT2D eigenvalue weighted by molar-refractivity contribution is 0.121. The van der Waals surface area contributed by atoms with E-state index in [9.17, 15) is 4.79 Å². The minimum absolute atomic E-state index is 0.319. The van der Waals surface area contributed by atoms with Crippen molar-refractivity contribution in [3.05, 3.63) is 71.8 Å². The van der Waals surface area contributed by atoms with Crippen LogP contribution in [0.15, 0.2) is 60.7 Å². The van der Waals surface area contributed by atoms with Crippen LogP contribution in [-0.2, 0) is 11.3 Å². The molecule has 0 aliphatic carbocycles. The molecule has 0 fully saturated rings. The van der Waals surface area contributed by atoms with Gasteiger partial charge in [0.2, 0.25) is 0 Å². The number of fused-ring (bicyclic) bond motifs is 5. The molecule has 0 bridgehead atoms. The Morgan fingerprint density at radius 3 is 2.59 bits per heavy atom. The largest absolute Gasteiger partial charge is 0.513 e. The molecule has 0 atom stereocenters. The van der Waals surface area contributed by atoms with Gasteiger partial charge in [0.05, 0.1) is 25.3 Å². The number of hydrogen-bond acceptors (Lipinski definition) is 6. The zero-order chi connectivity index (χ0) is 24.0. The van der Waals surface area contributed by atoms with E-state index < -0.39 is 6.16 Å². The van der Waals surface area contributed by atoms with Gasteiger partial charge < -0.3 is 23.8 Å². The van der Waals surface area contributed by atoms with Crippen LogP contribution in [-0.4, -0.2) is 25.9 Å². The lowest BCUT2D eigenvalue weighted by Crippen LogP contribution is -2.42. The van der Waals surface area contributed by atoms with Crippen LogP contribution in [0.1, 0.15) is 31.9 Å². The zero-order valence-electron chi connectivity index (χ0n) is 20.0. The number of benzene rings is 3. The van der Waals surface area contributed by atoms with Crippen molar-refractivity contribution in [1.82, 2.24) is 0 Å². The molecule has 0 spiro atoms. The Morgan fingerprint density at radius 1 is 1.03 bits per heavy atom. The van der Waals surface area contributed by atoms with Crippen LogP contribution in [0.2, 0.25) is 0 Å². The van der Waals surface area contributed by atoms with Gasteiger partial charge in [0.15, 0.2) is 0 Å². The van der Waals surface area contributed by atoms with E-state index in [0.29, 0.717) is 12.4 Å². The van der Waals surface area contributed by atoms with Crippen molar-refractivity contribution in [3.8, 4) is 28.4 Å². The van der Waals surface area contributed by atoms with Crippen molar-refractivity contribution >= 4 is 23.1 Å². The van der Waals surface area contributed by atoms with Gasteiger partial charge in [0.25, 0.3) is 0 Å². The summed E-state index contributed by atoms with van der Waals surface area (Å²) < 4.78 is 21.8. The molecule has 0 N–H and O–H groups in total. The van der Waals surface area contributed by atoms with Gasteiger partial charge in [-0.25, -0.2) is 4.79 Å². The Labute approximate surface area is 199 Å². The minimum atomic E-state index is -0.745. The van der Waals surface area contributed by atoms with Gasteiger partial charge in [0, 0.05) is 28.6 Å². The molecule has 0 saturated heterocycles. The normalized spacial score (nSPS) is 15.2. The maximum Gasteiger partial charge on any atom is 0.513 e. The molecule has 6 heteroatoms. The van der Waals surface area contributed by atoms with Crippen LogP contribution < -0.4 is 19.1 Å². The second-order valence-electron chi connectivity index (χ2n) is 8.98. The molecule has 3 aromatic rings. The van der Waals surface area contributed by atoms with Crippen LogP contribution in [0.4, 0.5) is 16.2 Å². The summed E-state index contributed by atoms with van der Waals surface area (Å²) in [4.78, 5) is 13.9. The molecule has 2 aliphatic rings. The van der Waals surface area contributed by atoms with Crippen LogP contribution in [0.5, 0.6) is 17.2 Å². The predicted molar refractivity (Wildman–Crippen MR) is 132 cm³/mol. The second-order valence-corrected chi connectivity index (χ2v) is 8.98. The van der Waals surface area contributed by atoms with Gasteiger partial charge in [-0.3, -0.25) is 0 Å². The predicted octanol–water partition coefficient (Wildman–Crippen LogP) is 6.73. The summed E-state index contributed by atoms with van der Waals surface area (Å²) in [5, 5.41) is 0. The van der Waals surface area contributed by atoms with Gasteiger partial charge in [-0.15, -0.1) is 0 Å². The summed E-state index contributed by atoms with van der Waals surface area (Å²) in [6.45, 7) is 6.96. The standard InChI is InChI=1S/C28H27NO5/c1-17-15-28(2,3)29(18-8-6-9-19(14-18)34-27(30)32-5)22-13-12-20-21(25(17)22)16-33-24-11-7-10-23(31-4)26(20)24/h6-15H,16H2,1-5H3. The van der Waals surface area contributed by atoms with Crippen molar-refractivity contribution < 1.29 is 23.7 Å². The fourth-order valence-electron chi connectivity index (χ4n) is 5.14. The molecule has 0 amide bonds. The first-order chi connectivity index (χ1) is 16.3. The summed E-state index contributed by atoms with van der Waals surface area (Å²) in [5.41, 5.74) is 7.22. The molecular formula is C28H27NO5. The monoisotopic (exact) mass is 457 g/mol. The number of allylic oxidation sites excluding steroid dienone is 1. The van der Waals surface area contributed by atoms with Gasteiger partial charge in [-0.1, -0.05) is 24.3 Å². The summed E-state index contributed by atoms with van der Waals surface area (Å²) in [7, 11) is 2.98. The number of methoxy groups -OCH3 is 2. The van der Waals surface area contributed by atoms with E-state index in [0.717, 1.165) is 45.1 Å². The lowest BCUT2D eigenvalue weighted by Gasteiger charge is -2.44. The van der Waals surface area contributed by atoms with Crippen molar-refractivity contribution in [1.29, 1.82) is 0 Å². The van der Waals surface area contributed by atoms with Crippen LogP contribution in [0.25, 0.3) is 16.7 Å². The fourth-order valence-corrected chi connectivity index (χ4v) is 5.14. The molecule has 0 radical (unpaired) electrons. The fraction of sp³-hybridized carbons (Fsp3) is 0.250. The second kappa shape index (κ2) is 8.13. The number of rotatable bonds is 3. The Balaban J connectivity index is 1.68. The van der Waals surface area contributed by atoms with Crippen molar-refractivity contribution in [2.75, 3.05) is 19.1 Å². The molecule has 34 heavy (non-hydrogen) atoms. The molecule has 2 aliphatic heterocycles. The third-order valence-electron chi connectivity index (χ3n) is 6.37. The number of nitrogens with zero attached hydrogens (tertiary/aromatic N) is 1. The summed E-state index contributed by atoms with van der Waals surface area (Å²) >= 11 is 0. The van der Waals surface area contributed by atoms with Crippen LogP contribution in [0, 0.1) is 0 Å². The van der Waals surface area contributed by atoms with E-state index in [-0.39, 0.29) is 5.54 Å². The van der Waals surface area contributed by atoms with Gasteiger partial charge >= 0.3 is 6.16 Å². The molecular weight excluding hydrogens is 430 g/mol. The number of hydrogen-bond donors (Lipinski definition) is 0. The average molecular weight is 458 g/mol. The Hall–Kier alpha value is -3.93. The van der Waals surface area contributed by atoms with Crippen LogP contribution >= 0.6 is 0 Å². The van der Waals surface area contributed by atoms with E-state index in [1.54, 1.807) is 13.2 Å². The lowest BCUT2D eigenvalue weighted by atomic mass is 9.82. The van der Waals surface area contributed by atoms with Crippen molar-refractivity contribution in [3.63, 3.8) is 0 Å². The maximum absolute atomic E-state index is 11.7. The van der Waals surface area contributed by atoms with E-state index >= 15 is 0 Å². The third kappa shape index (κ3) is 3.46. The highest BCUT2D eigenvalue weighted by Gasteiger charge is 2.36. The van der Waals surface area contributed by atoms with Crippen molar-refractivity contribution in [2.45, 2.75) is 32.9 Å². The Morgan fingerprint density at radius 2 is 1.82 bits per heavy atom. The van der Waals surface area contributed by atoms with Gasteiger partial charge in [-0.2, -0.15) is 0 Å². The van der Waals surface area contributed by atoms with E-state index in [1.165, 1.54) is 12.7 Å². The highest BCUT2D eigenvalue weighted by atomic mass is 16.7. The highest BCUT2D eigenvalue weighted by molar-refractivity contribution is 5.93. The molecule has 0 aromatic heterocycles. The molecule has 6 nitrogen and oxygen atoms in total. The molecule has 0 saturated carbocycles. The van der Waals surface area contributed by atoms with Crippen LogP contribution in [0.3, 0.4) is 0 Å². The minimum Gasteiger partial charge on any atom is -0.496 e. The topological polar surface area (TPSA) is 57.2 Å². The van der Waals surface area contributed by atoms with E-state index in [2.05, 4.69) is 48.6 Å². The van der Waals surface area contributed by atoms with Crippen molar-refractivity contribution in [2.24, 2.45) is 0 Å². The highest BCUT2D eigenvalue weighted by Crippen LogP contribution is 2.51. The first-order valence-corrected chi connectivity index (χ1v) is 11.2. The quantitative estimate of drug-likeness (QED) is 0.321. The summed E-state index contributed by atoms with van der Waals surface area (Å²) in [6, 6.07) is 17.7. The first-order valence-electron chi connectivity index (χ1n) is 11.2. The Bertz CT molecular complexity index is 1310. The number of carbonyl (C=O) groups is 1. The molecule has 0 unspecified atom stereocenters. The molecule has 5 rings (SSSR count). The zero-order valence-corrected chi connectivity index (χ0v) is 20.0.